The molecule has 1 N–H and O–H groups in total. The lowest BCUT2D eigenvalue weighted by atomic mass is 10.1. The molecule has 1 saturated heterocycles. The first kappa shape index (κ1) is 20.9. The molecule has 3 aromatic carbocycles. The number of carbonyl (C=O) groups is 2. The molecule has 0 bridgehead atoms. The van der Waals surface area contributed by atoms with Crippen molar-refractivity contribution in [2.75, 3.05) is 25.0 Å². The summed E-state index contributed by atoms with van der Waals surface area (Å²) < 4.78 is 5.91. The zero-order chi connectivity index (χ0) is 21.5. The van der Waals surface area contributed by atoms with Gasteiger partial charge in [-0.2, -0.15) is 0 Å². The van der Waals surface area contributed by atoms with Crippen LogP contribution in [0, 0.1) is 0 Å². The van der Waals surface area contributed by atoms with Crippen LogP contribution in [0.4, 0.5) is 5.69 Å². The molecule has 1 heterocycles. The lowest BCUT2D eigenvalue weighted by Crippen LogP contribution is -2.35. The van der Waals surface area contributed by atoms with E-state index in [2.05, 4.69) is 17.4 Å². The van der Waals surface area contributed by atoms with Gasteiger partial charge in [-0.15, -0.1) is 0 Å². The monoisotopic (exact) mass is 416 g/mol. The van der Waals surface area contributed by atoms with Crippen molar-refractivity contribution in [3.8, 4) is 5.75 Å². The van der Waals surface area contributed by atoms with E-state index in [1.165, 1.54) is 6.42 Å². The normalized spacial score (nSPS) is 13.7. The van der Waals surface area contributed by atoms with Gasteiger partial charge < -0.3 is 15.0 Å². The standard InChI is InChI=1S/C26H28N2O3/c29-25(15-8-18-31-24-14-7-10-20-9-2-3-13-23(20)24)27-22-12-6-11-21(19-22)26(30)28-16-4-1-5-17-28/h2-3,6-7,9-14,19H,1,4-5,8,15-18H2,(H,27,29). The Bertz CT molecular complexity index is 1050. The molecule has 0 saturated carbocycles. The Hall–Kier alpha value is -3.34. The molecule has 0 unspecified atom stereocenters. The molecular formula is C26H28N2O3. The van der Waals surface area contributed by atoms with Crippen LogP contribution in [0.25, 0.3) is 10.8 Å². The number of nitrogens with zero attached hydrogens (tertiary/aromatic N) is 1. The second kappa shape index (κ2) is 10.1. The molecule has 0 radical (unpaired) electrons. The van der Waals surface area contributed by atoms with Gasteiger partial charge in [0.15, 0.2) is 0 Å². The van der Waals surface area contributed by atoms with Gasteiger partial charge >= 0.3 is 0 Å². The summed E-state index contributed by atoms with van der Waals surface area (Å²) in [5.74, 6) is 0.797. The third-order valence-corrected chi connectivity index (χ3v) is 5.59. The zero-order valence-electron chi connectivity index (χ0n) is 17.7. The summed E-state index contributed by atoms with van der Waals surface area (Å²) in [6.07, 6.45) is 4.27. The highest BCUT2D eigenvalue weighted by molar-refractivity contribution is 5.97. The highest BCUT2D eigenvalue weighted by Gasteiger charge is 2.18. The third-order valence-electron chi connectivity index (χ3n) is 5.59. The van der Waals surface area contributed by atoms with E-state index >= 15 is 0 Å². The predicted octanol–water partition coefficient (Wildman–Crippen LogP) is 5.26. The molecular weight excluding hydrogens is 388 g/mol. The van der Waals surface area contributed by atoms with Gasteiger partial charge in [-0.1, -0.05) is 42.5 Å². The van der Waals surface area contributed by atoms with Gasteiger partial charge in [-0.3, -0.25) is 9.59 Å². The molecule has 2 amide bonds. The molecule has 4 rings (SSSR count). The van der Waals surface area contributed by atoms with Gasteiger partial charge in [-0.05, 0) is 55.3 Å². The van der Waals surface area contributed by atoms with Crippen LogP contribution in [-0.4, -0.2) is 36.4 Å². The van der Waals surface area contributed by atoms with Crippen LogP contribution >= 0.6 is 0 Å². The molecule has 0 atom stereocenters. The minimum absolute atomic E-state index is 0.0410. The Morgan fingerprint density at radius 1 is 0.903 bits per heavy atom. The number of piperidine rings is 1. The number of nitrogens with one attached hydrogen (secondary N) is 1. The van der Waals surface area contributed by atoms with E-state index in [0.29, 0.717) is 30.7 Å². The molecule has 0 aliphatic carbocycles. The summed E-state index contributed by atoms with van der Waals surface area (Å²) in [6.45, 7) is 2.09. The number of fused-ring (bicyclic) bond motifs is 1. The molecule has 0 aromatic heterocycles. The number of amides is 2. The largest absolute Gasteiger partial charge is 0.493 e. The van der Waals surface area contributed by atoms with E-state index in [1.54, 1.807) is 6.07 Å². The van der Waals surface area contributed by atoms with E-state index in [-0.39, 0.29) is 11.8 Å². The smallest absolute Gasteiger partial charge is 0.253 e. The van der Waals surface area contributed by atoms with Gasteiger partial charge in [0.2, 0.25) is 5.91 Å². The Balaban J connectivity index is 1.26. The summed E-state index contributed by atoms with van der Waals surface area (Å²) in [7, 11) is 0. The summed E-state index contributed by atoms with van der Waals surface area (Å²) in [5.41, 5.74) is 1.28. The van der Waals surface area contributed by atoms with Crippen molar-refractivity contribution in [2.24, 2.45) is 0 Å². The first-order valence-corrected chi connectivity index (χ1v) is 11.0. The van der Waals surface area contributed by atoms with Crippen molar-refractivity contribution >= 4 is 28.3 Å². The van der Waals surface area contributed by atoms with Crippen LogP contribution in [0.3, 0.4) is 0 Å². The quantitative estimate of drug-likeness (QED) is 0.534. The van der Waals surface area contributed by atoms with E-state index in [1.807, 2.05) is 53.4 Å². The van der Waals surface area contributed by atoms with Crippen molar-refractivity contribution < 1.29 is 14.3 Å². The Morgan fingerprint density at radius 2 is 1.68 bits per heavy atom. The summed E-state index contributed by atoms with van der Waals surface area (Å²) in [5, 5.41) is 5.11. The summed E-state index contributed by atoms with van der Waals surface area (Å²) >= 11 is 0. The maximum absolute atomic E-state index is 12.7. The fraction of sp³-hybridized carbons (Fsp3) is 0.308. The van der Waals surface area contributed by atoms with Gasteiger partial charge in [0.25, 0.3) is 5.91 Å². The van der Waals surface area contributed by atoms with Gasteiger partial charge in [-0.25, -0.2) is 0 Å². The summed E-state index contributed by atoms with van der Waals surface area (Å²) in [4.78, 5) is 26.9. The van der Waals surface area contributed by atoms with E-state index < -0.39 is 0 Å². The average Bonchev–Trinajstić information content (AvgIpc) is 2.82. The Morgan fingerprint density at radius 3 is 2.55 bits per heavy atom. The molecule has 1 aliphatic rings. The molecule has 5 heteroatoms. The van der Waals surface area contributed by atoms with E-state index in [0.717, 1.165) is 42.5 Å². The number of benzene rings is 3. The first-order valence-electron chi connectivity index (χ1n) is 11.0. The van der Waals surface area contributed by atoms with Crippen LogP contribution in [0.2, 0.25) is 0 Å². The minimum atomic E-state index is -0.0795. The van der Waals surface area contributed by atoms with Gasteiger partial charge in [0, 0.05) is 36.1 Å². The van der Waals surface area contributed by atoms with Gasteiger partial charge in [0.1, 0.15) is 5.75 Å². The van der Waals surface area contributed by atoms with Crippen LogP contribution in [-0.2, 0) is 4.79 Å². The SMILES string of the molecule is O=C(CCCOc1cccc2ccccc12)Nc1cccc(C(=O)N2CCCCC2)c1. The topological polar surface area (TPSA) is 58.6 Å². The predicted molar refractivity (Wildman–Crippen MR) is 124 cm³/mol. The zero-order valence-corrected chi connectivity index (χ0v) is 17.7. The van der Waals surface area contributed by atoms with Crippen LogP contribution in [0.15, 0.2) is 66.7 Å². The maximum Gasteiger partial charge on any atom is 0.253 e. The highest BCUT2D eigenvalue weighted by atomic mass is 16.5. The maximum atomic E-state index is 12.7. The second-order valence-corrected chi connectivity index (χ2v) is 7.91. The molecule has 160 valence electrons. The first-order chi connectivity index (χ1) is 15.2. The fourth-order valence-electron chi connectivity index (χ4n) is 3.97. The lowest BCUT2D eigenvalue weighted by molar-refractivity contribution is -0.116. The third kappa shape index (κ3) is 5.43. The van der Waals surface area contributed by atoms with Crippen molar-refractivity contribution in [1.29, 1.82) is 0 Å². The number of ether oxygens (including phenoxy) is 1. The number of likely N-dealkylation sites (tertiary alicyclic amines) is 1. The number of anilines is 1. The fourth-order valence-corrected chi connectivity index (χ4v) is 3.97. The molecule has 5 nitrogen and oxygen atoms in total. The lowest BCUT2D eigenvalue weighted by Gasteiger charge is -2.26. The van der Waals surface area contributed by atoms with Gasteiger partial charge in [0.05, 0.1) is 6.61 Å². The molecule has 31 heavy (non-hydrogen) atoms. The average molecular weight is 417 g/mol. The van der Waals surface area contributed by atoms with Crippen LogP contribution in [0.1, 0.15) is 42.5 Å². The van der Waals surface area contributed by atoms with E-state index in [4.69, 9.17) is 4.74 Å². The minimum Gasteiger partial charge on any atom is -0.493 e. The van der Waals surface area contributed by atoms with Crippen LogP contribution < -0.4 is 10.1 Å². The molecule has 1 fully saturated rings. The number of rotatable bonds is 7. The Labute approximate surface area is 183 Å². The van der Waals surface area contributed by atoms with Crippen molar-refractivity contribution in [2.45, 2.75) is 32.1 Å². The number of carbonyl (C=O) groups excluding carboxylic acids is 2. The van der Waals surface area contributed by atoms with Crippen molar-refractivity contribution in [1.82, 2.24) is 4.90 Å². The summed E-state index contributed by atoms with van der Waals surface area (Å²) in [6, 6.07) is 21.3. The number of hydrogen-bond donors (Lipinski definition) is 1. The number of hydrogen-bond acceptors (Lipinski definition) is 3. The highest BCUT2D eigenvalue weighted by Crippen LogP contribution is 2.25. The van der Waals surface area contributed by atoms with Crippen molar-refractivity contribution in [3.63, 3.8) is 0 Å². The molecule has 1 aliphatic heterocycles. The van der Waals surface area contributed by atoms with Crippen LogP contribution in [0.5, 0.6) is 5.75 Å². The van der Waals surface area contributed by atoms with Crippen molar-refractivity contribution in [3.05, 3.63) is 72.3 Å². The Kier molecular flexibility index (Phi) is 6.82. The second-order valence-electron chi connectivity index (χ2n) is 7.91. The van der Waals surface area contributed by atoms with E-state index in [9.17, 15) is 9.59 Å². The molecule has 3 aromatic rings. The molecule has 0 spiro atoms.